The number of amides is 1. The molecule has 0 bridgehead atoms. The lowest BCUT2D eigenvalue weighted by atomic mass is 9.79. The summed E-state index contributed by atoms with van der Waals surface area (Å²) in [4.78, 5) is 15.7. The minimum atomic E-state index is -3.20. The summed E-state index contributed by atoms with van der Waals surface area (Å²) in [6.07, 6.45) is 2.13. The first-order chi connectivity index (χ1) is 13.4. The highest BCUT2D eigenvalue weighted by Crippen LogP contribution is 2.34. The van der Waals surface area contributed by atoms with Gasteiger partial charge in [-0.2, -0.15) is 0 Å². The van der Waals surface area contributed by atoms with E-state index >= 15 is 0 Å². The molecule has 1 N–H and O–H groups in total. The molecule has 2 aromatic carbocycles. The first-order valence-electron chi connectivity index (χ1n) is 9.79. The molecule has 5 nitrogen and oxygen atoms in total. The Balaban J connectivity index is 1.39. The molecule has 1 amide bonds. The quantitative estimate of drug-likeness (QED) is 0.859. The van der Waals surface area contributed by atoms with Crippen LogP contribution >= 0.6 is 0 Å². The lowest BCUT2D eigenvalue weighted by Crippen LogP contribution is -2.44. The molecular weight excluding hydrogens is 372 g/mol. The van der Waals surface area contributed by atoms with Gasteiger partial charge in [0.05, 0.1) is 10.6 Å². The smallest absolute Gasteiger partial charge is 0.230 e. The van der Waals surface area contributed by atoms with Gasteiger partial charge in [-0.1, -0.05) is 43.3 Å². The van der Waals surface area contributed by atoms with Gasteiger partial charge in [-0.15, -0.1) is 0 Å². The molecule has 2 heterocycles. The van der Waals surface area contributed by atoms with Crippen LogP contribution in [0.25, 0.3) is 0 Å². The fourth-order valence-corrected chi connectivity index (χ4v) is 5.62. The first kappa shape index (κ1) is 19.2. The van der Waals surface area contributed by atoms with Crippen molar-refractivity contribution in [2.75, 3.05) is 24.2 Å². The molecule has 0 unspecified atom stereocenters. The van der Waals surface area contributed by atoms with Gasteiger partial charge in [-0.3, -0.25) is 9.69 Å². The molecule has 2 aliphatic heterocycles. The molecular formula is C22H26N2O3S. The lowest BCUT2D eigenvalue weighted by molar-refractivity contribution is -0.127. The minimum absolute atomic E-state index is 0.0257. The zero-order chi connectivity index (χ0) is 19.8. The molecule has 1 fully saturated rings. The molecule has 0 spiro atoms. The largest absolute Gasteiger partial charge is 0.326 e. The highest BCUT2D eigenvalue weighted by Gasteiger charge is 2.37. The molecule has 0 radical (unpaired) electrons. The number of hydrogen-bond donors (Lipinski definition) is 1. The third-order valence-electron chi connectivity index (χ3n) is 6.06. The van der Waals surface area contributed by atoms with Crippen molar-refractivity contribution < 1.29 is 13.2 Å². The number of benzene rings is 2. The van der Waals surface area contributed by atoms with Crippen molar-refractivity contribution in [3.05, 3.63) is 59.7 Å². The van der Waals surface area contributed by atoms with E-state index in [4.69, 9.17) is 0 Å². The number of carbonyl (C=O) groups is 1. The third kappa shape index (κ3) is 3.84. The number of sulfone groups is 1. The van der Waals surface area contributed by atoms with Crippen molar-refractivity contribution >= 4 is 21.4 Å². The Bertz CT molecular complexity index is 978. The predicted molar refractivity (Wildman–Crippen MR) is 110 cm³/mol. The van der Waals surface area contributed by atoms with Gasteiger partial charge in [0.15, 0.2) is 9.84 Å². The number of fused-ring (bicyclic) bond motifs is 1. The van der Waals surface area contributed by atoms with E-state index in [0.717, 1.165) is 38.0 Å². The Morgan fingerprint density at radius 3 is 2.54 bits per heavy atom. The van der Waals surface area contributed by atoms with Crippen LogP contribution in [0.1, 0.15) is 30.9 Å². The Hall–Kier alpha value is -2.18. The van der Waals surface area contributed by atoms with E-state index in [0.29, 0.717) is 17.0 Å². The van der Waals surface area contributed by atoms with Crippen LogP contribution in [0.4, 0.5) is 5.69 Å². The van der Waals surface area contributed by atoms with Crippen molar-refractivity contribution in [2.45, 2.75) is 37.6 Å². The summed E-state index contributed by atoms with van der Waals surface area (Å²) in [5.41, 5.74) is 2.26. The van der Waals surface area contributed by atoms with Crippen molar-refractivity contribution in [2.24, 2.45) is 5.41 Å². The zero-order valence-corrected chi connectivity index (χ0v) is 17.0. The van der Waals surface area contributed by atoms with E-state index in [2.05, 4.69) is 22.3 Å². The molecule has 28 heavy (non-hydrogen) atoms. The average molecular weight is 399 g/mol. The van der Waals surface area contributed by atoms with Gasteiger partial charge >= 0.3 is 0 Å². The second kappa shape index (κ2) is 7.33. The van der Waals surface area contributed by atoms with Gasteiger partial charge in [-0.25, -0.2) is 8.42 Å². The Kier molecular flexibility index (Phi) is 5.02. The number of rotatable bonds is 4. The number of carbonyl (C=O) groups excluding carboxylic acids is 1. The van der Waals surface area contributed by atoms with E-state index in [1.165, 1.54) is 5.56 Å². The topological polar surface area (TPSA) is 66.5 Å². The van der Waals surface area contributed by atoms with Gasteiger partial charge in [0.2, 0.25) is 5.91 Å². The molecule has 4 rings (SSSR count). The third-order valence-corrected chi connectivity index (χ3v) is 7.85. The second-order valence-electron chi connectivity index (χ2n) is 8.17. The van der Waals surface area contributed by atoms with Crippen LogP contribution in [0.3, 0.4) is 0 Å². The SMILES string of the molecule is CC1(C(=O)Nc2ccc3c(c2)S(=O)(=O)CC3)CCN(Cc2ccccc2)CC1. The molecule has 2 aromatic rings. The van der Waals surface area contributed by atoms with Crippen LogP contribution < -0.4 is 5.32 Å². The molecule has 0 aliphatic carbocycles. The van der Waals surface area contributed by atoms with E-state index in [-0.39, 0.29) is 11.7 Å². The first-order valence-corrected chi connectivity index (χ1v) is 11.4. The second-order valence-corrected chi connectivity index (χ2v) is 10.2. The summed E-state index contributed by atoms with van der Waals surface area (Å²) in [6, 6.07) is 15.6. The van der Waals surface area contributed by atoms with Gasteiger partial charge in [-0.05, 0) is 55.6 Å². The number of anilines is 1. The Morgan fingerprint density at radius 1 is 1.11 bits per heavy atom. The van der Waals surface area contributed by atoms with Gasteiger partial charge in [0, 0.05) is 17.6 Å². The maximum Gasteiger partial charge on any atom is 0.230 e. The molecule has 6 heteroatoms. The van der Waals surface area contributed by atoms with E-state index in [1.54, 1.807) is 6.07 Å². The van der Waals surface area contributed by atoms with E-state index in [9.17, 15) is 13.2 Å². The predicted octanol–water partition coefficient (Wildman–Crippen LogP) is 3.26. The van der Waals surface area contributed by atoms with Crippen LogP contribution in [0.5, 0.6) is 0 Å². The standard InChI is InChI=1S/C22H26N2O3S/c1-22(10-12-24(13-11-22)16-17-5-3-2-4-6-17)21(25)23-19-8-7-18-9-14-28(26,27)20(18)15-19/h2-8,15H,9-14,16H2,1H3,(H,23,25). The minimum Gasteiger partial charge on any atom is -0.326 e. The maximum atomic E-state index is 12.9. The summed E-state index contributed by atoms with van der Waals surface area (Å²) in [6.45, 7) is 4.66. The Morgan fingerprint density at radius 2 is 1.82 bits per heavy atom. The maximum absolute atomic E-state index is 12.9. The van der Waals surface area contributed by atoms with Crippen molar-refractivity contribution in [3.63, 3.8) is 0 Å². The molecule has 0 aromatic heterocycles. The number of hydrogen-bond acceptors (Lipinski definition) is 4. The highest BCUT2D eigenvalue weighted by atomic mass is 32.2. The van der Waals surface area contributed by atoms with E-state index < -0.39 is 15.3 Å². The molecule has 2 aliphatic rings. The van der Waals surface area contributed by atoms with Gasteiger partial charge in [0.1, 0.15) is 0 Å². The van der Waals surface area contributed by atoms with Crippen molar-refractivity contribution in [1.29, 1.82) is 0 Å². The molecule has 1 saturated heterocycles. The van der Waals surface area contributed by atoms with Crippen LogP contribution in [0.15, 0.2) is 53.4 Å². The number of likely N-dealkylation sites (tertiary alicyclic amines) is 1. The lowest BCUT2D eigenvalue weighted by Gasteiger charge is -2.38. The normalized spacial score (nSPS) is 20.5. The van der Waals surface area contributed by atoms with Crippen molar-refractivity contribution in [1.82, 2.24) is 4.90 Å². The molecule has 148 valence electrons. The fraction of sp³-hybridized carbons (Fsp3) is 0.409. The monoisotopic (exact) mass is 398 g/mol. The molecule has 0 saturated carbocycles. The van der Waals surface area contributed by atoms with Gasteiger partial charge < -0.3 is 5.32 Å². The van der Waals surface area contributed by atoms with Crippen LogP contribution in [0, 0.1) is 5.41 Å². The Labute approximate surface area is 166 Å². The number of piperidine rings is 1. The molecule has 0 atom stereocenters. The number of nitrogens with one attached hydrogen (secondary N) is 1. The van der Waals surface area contributed by atoms with Crippen LogP contribution in [-0.4, -0.2) is 38.1 Å². The van der Waals surface area contributed by atoms with E-state index in [1.807, 2.05) is 37.3 Å². The van der Waals surface area contributed by atoms with Crippen LogP contribution in [-0.2, 0) is 27.6 Å². The summed E-state index contributed by atoms with van der Waals surface area (Å²) in [5.74, 6) is 0.136. The van der Waals surface area contributed by atoms with Crippen molar-refractivity contribution in [3.8, 4) is 0 Å². The summed E-state index contributed by atoms with van der Waals surface area (Å²) in [7, 11) is -3.20. The van der Waals surface area contributed by atoms with Crippen LogP contribution in [0.2, 0.25) is 0 Å². The van der Waals surface area contributed by atoms with Gasteiger partial charge in [0.25, 0.3) is 0 Å². The average Bonchev–Trinajstić information content (AvgIpc) is 2.99. The summed E-state index contributed by atoms with van der Waals surface area (Å²) >= 11 is 0. The highest BCUT2D eigenvalue weighted by molar-refractivity contribution is 7.91. The summed E-state index contributed by atoms with van der Waals surface area (Å²) < 4.78 is 24.2. The number of aryl methyl sites for hydroxylation is 1. The summed E-state index contributed by atoms with van der Waals surface area (Å²) in [5, 5.41) is 2.96. The number of nitrogens with zero attached hydrogens (tertiary/aromatic N) is 1. The zero-order valence-electron chi connectivity index (χ0n) is 16.1. The fourth-order valence-electron chi connectivity index (χ4n) is 4.04.